The number of nitrogens with zero attached hydrogens (tertiary/aromatic N) is 20. The molecule has 0 aliphatic heterocycles. The summed E-state index contributed by atoms with van der Waals surface area (Å²) in [4.78, 5) is 130. The minimum atomic E-state index is -1.26. The molecular weight excluding hydrogens is 1620 g/mol. The van der Waals surface area contributed by atoms with Crippen LogP contribution in [-0.4, -0.2) is 204 Å². The van der Waals surface area contributed by atoms with Crippen molar-refractivity contribution >= 4 is 64.1 Å². The third-order valence-electron chi connectivity index (χ3n) is 18.6. The Kier molecular flexibility index (Phi) is 28.8. The van der Waals surface area contributed by atoms with Crippen molar-refractivity contribution in [2.75, 3.05) is 77.8 Å². The Morgan fingerprint density at radius 2 is 0.786 bits per heavy atom. The van der Waals surface area contributed by atoms with Crippen molar-refractivity contribution in [1.29, 1.82) is 0 Å². The summed E-state index contributed by atoms with van der Waals surface area (Å²) in [6, 6.07) is 21.8. The Hall–Kier alpha value is -15.5. The van der Waals surface area contributed by atoms with Gasteiger partial charge in [-0.25, -0.2) is 74.2 Å². The molecule has 0 saturated heterocycles. The molecule has 39 heteroatoms. The number of aromatic nitrogens is 18. The lowest BCUT2D eigenvalue weighted by atomic mass is 10.1. The van der Waals surface area contributed by atoms with Crippen molar-refractivity contribution in [1.82, 2.24) is 103 Å². The predicted octanol–water partition coefficient (Wildman–Crippen LogP) is 11.8. The topological polar surface area (TPSA) is 520 Å². The number of Topliss-reactive ketones (excluding diaryl/α,β-unsaturated/α-hetero) is 2. The standard InChI is InChI=1S/C31H34N8O5.C26H26N8O3.C16H12N6O3.C14H23N3O3/c1-19-17-35-24-11-8-20(18-39(19)24)25-27(29-34-13-15-43-29)37-28(32)26(36-25)22(40)10-9-21-23(7-6-12-33-21)42-16-14-38(5)30(41)44-31(2,3)4;1-16-14-31-21-8-5-17(15-34(16)21)22-24(26-30-11-13-37-26)33-25(27)23(32-22)19(35)7-6-18-20(4-3-9-29-18)36-12-10-28-2;1-8-6-19-10-3-2-9(7-22(8)10)11-12(15-18-4-5-25-15)21-14(17)13(20-11)16(23)24;1-14(2,3)20-13(18)17(4)8-9-19-12-6-5-7-16-11(12)10-15/h6-8,11-13,15,17-18H,9-10,14,16H2,1-5H3,(H2,32,37);3-5,8-9,11,13-15,28H,6-7,10,12H2,1-2H3,(H2,27,33);2-7H,1H3,(H2,17,21)(H,23,24);5-7H,8-10,15H2,1-4H3. The molecular formula is C87H95N25O14. The number of carbonyl (C=O) groups is 5. The first-order valence-corrected chi connectivity index (χ1v) is 39.7. The molecule has 0 bridgehead atoms. The van der Waals surface area contributed by atoms with Crippen molar-refractivity contribution < 1.29 is 66.0 Å². The second-order valence-corrected chi connectivity index (χ2v) is 30.3. The van der Waals surface area contributed by atoms with E-state index in [1.54, 1.807) is 93.9 Å². The number of ketones is 2. The van der Waals surface area contributed by atoms with Gasteiger partial charge in [-0.2, -0.15) is 0 Å². The van der Waals surface area contributed by atoms with E-state index in [0.29, 0.717) is 125 Å². The highest BCUT2D eigenvalue weighted by Crippen LogP contribution is 2.36. The molecule has 0 aromatic carbocycles. The maximum atomic E-state index is 13.5. The zero-order valence-electron chi connectivity index (χ0n) is 71.4. The first kappa shape index (κ1) is 89.7. The van der Waals surface area contributed by atoms with Gasteiger partial charge in [-0.1, -0.05) is 0 Å². The number of amides is 2. The number of fused-ring (bicyclic) bond motifs is 3. The Balaban J connectivity index is 0.000000159. The van der Waals surface area contributed by atoms with Crippen molar-refractivity contribution in [3.05, 3.63) is 217 Å². The lowest BCUT2D eigenvalue weighted by Gasteiger charge is -2.24. The van der Waals surface area contributed by atoms with E-state index in [1.807, 2.05) is 131 Å². The second kappa shape index (κ2) is 40.4. The molecule has 0 radical (unpaired) electrons. The van der Waals surface area contributed by atoms with Crippen LogP contribution in [0, 0.1) is 20.8 Å². The van der Waals surface area contributed by atoms with Crippen LogP contribution in [0.5, 0.6) is 17.2 Å². The number of anilines is 3. The van der Waals surface area contributed by atoms with Gasteiger partial charge in [-0.15, -0.1) is 0 Å². The van der Waals surface area contributed by atoms with E-state index in [1.165, 1.54) is 47.2 Å². The van der Waals surface area contributed by atoms with Crippen LogP contribution in [0.4, 0.5) is 27.0 Å². The van der Waals surface area contributed by atoms with Crippen molar-refractivity contribution in [2.45, 2.75) is 106 Å². The van der Waals surface area contributed by atoms with Crippen molar-refractivity contribution in [3.8, 4) is 85.8 Å². The normalized spacial score (nSPS) is 11.2. The molecule has 15 rings (SSSR count). The van der Waals surface area contributed by atoms with E-state index in [9.17, 15) is 29.1 Å². The first-order chi connectivity index (χ1) is 60.4. The van der Waals surface area contributed by atoms with Crippen LogP contribution in [0.2, 0.25) is 0 Å². The molecule has 0 aliphatic rings. The molecule has 0 fully saturated rings. The van der Waals surface area contributed by atoms with Gasteiger partial charge < -0.3 is 93.3 Å². The highest BCUT2D eigenvalue weighted by atomic mass is 16.6. The number of nitrogen functional groups attached to an aromatic ring is 3. The molecule has 652 valence electrons. The van der Waals surface area contributed by atoms with Gasteiger partial charge in [-0.3, -0.25) is 24.5 Å². The minimum absolute atomic E-state index is 0.00774. The SMILES string of the molecule is CN(CCOc1cccnc1CN)C(=O)OC(C)(C)C.CNCCOc1cccnc1CCC(=O)c1nc(-c2ccc3ncc(C)n3c2)c(-c2ncco2)nc1N.Cc1cnc2ccc(-c3nc(C(=O)CCc4ncccc4OCCN(C)C(=O)OC(C)(C)C)c(N)nc3-c3ncco3)cn12.Cc1cnc2ccc(-c3nc(C(=O)O)c(N)nc3-c3ncco3)cn12. The number of rotatable bonds is 28. The molecule has 126 heavy (non-hydrogen) atoms. The summed E-state index contributed by atoms with van der Waals surface area (Å²) < 4.78 is 49.9. The maximum absolute atomic E-state index is 13.5. The Labute approximate surface area is 722 Å². The van der Waals surface area contributed by atoms with Crippen LogP contribution >= 0.6 is 0 Å². The van der Waals surface area contributed by atoms with Gasteiger partial charge in [0.15, 0.2) is 51.8 Å². The van der Waals surface area contributed by atoms with Gasteiger partial charge in [0, 0.05) is 142 Å². The van der Waals surface area contributed by atoms with Gasteiger partial charge in [0.25, 0.3) is 0 Å². The summed E-state index contributed by atoms with van der Waals surface area (Å²) in [6.07, 6.45) is 24.6. The molecule has 2 amide bonds. The number of likely N-dealkylation sites (N-methyl/N-ethyl adjacent to an activating group) is 3. The third kappa shape index (κ3) is 22.6. The highest BCUT2D eigenvalue weighted by Gasteiger charge is 2.29. The number of carboxylic acid groups (broad SMARTS) is 1. The summed E-state index contributed by atoms with van der Waals surface area (Å²) in [5, 5.41) is 12.3. The van der Waals surface area contributed by atoms with Gasteiger partial charge in [0.2, 0.25) is 17.7 Å². The quantitative estimate of drug-likeness (QED) is 0.0196. The first-order valence-electron chi connectivity index (χ1n) is 39.7. The number of carbonyl (C=O) groups excluding carboxylic acids is 4. The average molecular weight is 1710 g/mol. The fourth-order valence-electron chi connectivity index (χ4n) is 12.3. The minimum Gasteiger partial charge on any atom is -0.490 e. The summed E-state index contributed by atoms with van der Waals surface area (Å²) in [5.74, 6) is 0.446. The van der Waals surface area contributed by atoms with Crippen molar-refractivity contribution in [3.63, 3.8) is 0 Å². The zero-order chi connectivity index (χ0) is 89.9. The number of ether oxygens (including phenoxy) is 5. The molecule has 15 aromatic heterocycles. The molecule has 0 atom stereocenters. The number of nitrogens with two attached hydrogens (primary N) is 4. The van der Waals surface area contributed by atoms with Crippen LogP contribution in [-0.2, 0) is 28.9 Å². The summed E-state index contributed by atoms with van der Waals surface area (Å²) in [5.41, 5.74) is 33.7. The maximum Gasteiger partial charge on any atom is 0.410 e. The van der Waals surface area contributed by atoms with E-state index < -0.39 is 23.3 Å². The van der Waals surface area contributed by atoms with E-state index >= 15 is 0 Å². The molecule has 39 nitrogen and oxygen atoms in total. The smallest absolute Gasteiger partial charge is 0.410 e. The third-order valence-corrected chi connectivity index (χ3v) is 18.6. The Bertz CT molecular complexity index is 6320. The zero-order valence-corrected chi connectivity index (χ0v) is 71.4. The molecule has 15 aromatic rings. The highest BCUT2D eigenvalue weighted by molar-refractivity contribution is 6.00. The molecule has 0 aliphatic carbocycles. The van der Waals surface area contributed by atoms with Gasteiger partial charge in [-0.05, 0) is 142 Å². The molecule has 0 unspecified atom stereocenters. The van der Waals surface area contributed by atoms with E-state index in [4.69, 9.17) is 64.9 Å². The molecule has 0 spiro atoms. The lowest BCUT2D eigenvalue weighted by Crippen LogP contribution is -2.36. The summed E-state index contributed by atoms with van der Waals surface area (Å²) in [7, 11) is 5.17. The molecule has 15 heterocycles. The number of aryl methyl sites for hydroxylation is 5. The van der Waals surface area contributed by atoms with Crippen LogP contribution in [0.25, 0.3) is 85.5 Å². The monoisotopic (exact) mass is 1710 g/mol. The number of carboxylic acids is 1. The van der Waals surface area contributed by atoms with Crippen LogP contribution in [0.15, 0.2) is 179 Å². The van der Waals surface area contributed by atoms with E-state index in [0.717, 1.165) is 34.0 Å². The molecule has 0 saturated carbocycles. The predicted molar refractivity (Wildman–Crippen MR) is 464 cm³/mol. The van der Waals surface area contributed by atoms with Crippen LogP contribution in [0.3, 0.4) is 0 Å². The number of imidazole rings is 3. The fourth-order valence-corrected chi connectivity index (χ4v) is 12.3. The van der Waals surface area contributed by atoms with E-state index in [2.05, 4.69) is 75.1 Å². The van der Waals surface area contributed by atoms with E-state index in [-0.39, 0.29) is 101 Å². The van der Waals surface area contributed by atoms with Crippen molar-refractivity contribution in [2.24, 2.45) is 5.73 Å². The summed E-state index contributed by atoms with van der Waals surface area (Å²) >= 11 is 0. The number of nitrogens with one attached hydrogen (secondary N) is 1. The second-order valence-electron chi connectivity index (χ2n) is 30.3. The number of hydrogen-bond donors (Lipinski definition) is 6. The summed E-state index contributed by atoms with van der Waals surface area (Å²) in [6.45, 7) is 19.5. The number of aromatic carboxylic acids is 1. The fraction of sp³-hybridized carbons (Fsp3) is 0.287. The number of pyridine rings is 6. The number of oxazole rings is 3. The van der Waals surface area contributed by atoms with Gasteiger partial charge in [0.1, 0.15) is 112 Å². The van der Waals surface area contributed by atoms with Crippen LogP contribution < -0.4 is 42.5 Å². The molecule has 10 N–H and O–H groups in total. The van der Waals surface area contributed by atoms with Gasteiger partial charge in [0.05, 0.1) is 48.8 Å². The Morgan fingerprint density at radius 1 is 0.444 bits per heavy atom. The number of hydrogen-bond acceptors (Lipinski definition) is 33. The Morgan fingerprint density at radius 3 is 1.12 bits per heavy atom. The van der Waals surface area contributed by atoms with Gasteiger partial charge >= 0.3 is 18.2 Å². The average Bonchev–Trinajstić information content (AvgIpc) is 1.28. The largest absolute Gasteiger partial charge is 0.490 e. The van der Waals surface area contributed by atoms with Crippen LogP contribution in [0.1, 0.15) is 120 Å². The lowest BCUT2D eigenvalue weighted by molar-refractivity contribution is 0.0268.